The number of benzene rings is 1. The summed E-state index contributed by atoms with van der Waals surface area (Å²) in [7, 11) is 2.02. The van der Waals surface area contributed by atoms with Crippen molar-refractivity contribution in [1.29, 1.82) is 0 Å². The number of ether oxygens (including phenoxy) is 1. The molecule has 3 heterocycles. The number of fused-ring (bicyclic) bond motifs is 1. The molecule has 3 aromatic rings. The van der Waals surface area contributed by atoms with E-state index < -0.39 is 0 Å². The van der Waals surface area contributed by atoms with Crippen molar-refractivity contribution in [2.24, 2.45) is 5.92 Å². The summed E-state index contributed by atoms with van der Waals surface area (Å²) in [5.41, 5.74) is 3.28. The first-order chi connectivity index (χ1) is 17.4. The highest BCUT2D eigenvalue weighted by molar-refractivity contribution is 5.97. The normalized spacial score (nSPS) is 19.0. The Kier molecular flexibility index (Phi) is 8.40. The van der Waals surface area contributed by atoms with Crippen molar-refractivity contribution in [2.75, 3.05) is 26.7 Å². The van der Waals surface area contributed by atoms with E-state index in [1.807, 2.05) is 62.5 Å². The van der Waals surface area contributed by atoms with E-state index >= 15 is 0 Å². The number of carbonyl (C=O) groups excluding carboxylic acids is 1. The number of likely N-dealkylation sites (N-methyl/N-ethyl adjacent to an activating group) is 1. The number of amides is 1. The molecule has 0 radical (unpaired) electrons. The molecular formula is C28H33N5O3. The number of hydrogen-bond donors (Lipinski definition) is 1. The lowest BCUT2D eigenvalue weighted by molar-refractivity contribution is 0.0325. The molecule has 8 nitrogen and oxygen atoms in total. The van der Waals surface area contributed by atoms with Crippen molar-refractivity contribution in [3.05, 3.63) is 83.6 Å². The molecule has 188 valence electrons. The zero-order chi connectivity index (χ0) is 25.5. The summed E-state index contributed by atoms with van der Waals surface area (Å²) in [6.07, 6.45) is 10.6. The molecule has 4 rings (SSSR count). The molecule has 1 amide bonds. The Morgan fingerprint density at radius 2 is 1.89 bits per heavy atom. The standard InChI is InChI=1S/C28H33N5O3/c1-20-15-33(21(2)18-34)28(35)25-11-23(10-9-22-7-5-4-6-8-22)14-31-27(25)36-26(20)17-32(3)16-24-12-29-19-30-13-24/h4-14,19-21,26,34H,15-18H2,1-3H3/b10-9+/t20-,21+,26+/m1/s1. The van der Waals surface area contributed by atoms with E-state index in [-0.39, 0.29) is 30.6 Å². The van der Waals surface area contributed by atoms with Crippen molar-refractivity contribution in [3.8, 4) is 5.88 Å². The monoisotopic (exact) mass is 487 g/mol. The van der Waals surface area contributed by atoms with E-state index in [0.29, 0.717) is 31.1 Å². The third kappa shape index (κ3) is 6.33. The second-order valence-corrected chi connectivity index (χ2v) is 9.43. The molecule has 8 heteroatoms. The molecule has 0 fully saturated rings. The Morgan fingerprint density at radius 1 is 1.17 bits per heavy atom. The molecule has 0 saturated heterocycles. The van der Waals surface area contributed by atoms with Gasteiger partial charge in [-0.3, -0.25) is 9.69 Å². The Labute approximate surface area is 212 Å². The Morgan fingerprint density at radius 3 is 2.61 bits per heavy atom. The van der Waals surface area contributed by atoms with E-state index in [1.165, 1.54) is 6.33 Å². The zero-order valence-electron chi connectivity index (χ0n) is 21.0. The van der Waals surface area contributed by atoms with Gasteiger partial charge in [0.15, 0.2) is 0 Å². The molecule has 0 aliphatic carbocycles. The number of aliphatic hydroxyl groups is 1. The van der Waals surface area contributed by atoms with Crippen LogP contribution in [0.4, 0.5) is 0 Å². The predicted octanol–water partition coefficient (Wildman–Crippen LogP) is 3.39. The Balaban J connectivity index is 1.61. The average Bonchev–Trinajstić information content (AvgIpc) is 2.90. The van der Waals surface area contributed by atoms with Crippen molar-refractivity contribution in [1.82, 2.24) is 24.8 Å². The summed E-state index contributed by atoms with van der Waals surface area (Å²) < 4.78 is 6.39. The second-order valence-electron chi connectivity index (χ2n) is 9.43. The van der Waals surface area contributed by atoms with E-state index in [0.717, 1.165) is 16.7 Å². The SMILES string of the molecule is C[C@@H]1CN([C@@H](C)CO)C(=O)c2cc(/C=C/c3ccccc3)cnc2O[C@H]1CN(C)Cc1cncnc1. The highest BCUT2D eigenvalue weighted by Gasteiger charge is 2.34. The molecule has 1 aromatic carbocycles. The lowest BCUT2D eigenvalue weighted by Crippen LogP contribution is -2.49. The van der Waals surface area contributed by atoms with Crippen molar-refractivity contribution in [3.63, 3.8) is 0 Å². The van der Waals surface area contributed by atoms with E-state index in [1.54, 1.807) is 23.5 Å². The van der Waals surface area contributed by atoms with Gasteiger partial charge < -0.3 is 14.7 Å². The van der Waals surface area contributed by atoms with Gasteiger partial charge in [0.1, 0.15) is 18.0 Å². The minimum atomic E-state index is -0.325. The van der Waals surface area contributed by atoms with Gasteiger partial charge in [0.25, 0.3) is 5.91 Å². The molecule has 1 N–H and O–H groups in total. The summed E-state index contributed by atoms with van der Waals surface area (Å²) in [6, 6.07) is 11.5. The van der Waals surface area contributed by atoms with Gasteiger partial charge in [-0.1, -0.05) is 49.4 Å². The van der Waals surface area contributed by atoms with E-state index in [2.05, 4.69) is 26.8 Å². The number of hydrogen-bond acceptors (Lipinski definition) is 7. The van der Waals surface area contributed by atoms with E-state index in [9.17, 15) is 9.90 Å². The van der Waals surface area contributed by atoms with Gasteiger partial charge in [-0.2, -0.15) is 0 Å². The quantitative estimate of drug-likeness (QED) is 0.521. The van der Waals surface area contributed by atoms with Gasteiger partial charge in [-0.15, -0.1) is 0 Å². The van der Waals surface area contributed by atoms with Crippen LogP contribution in [0.5, 0.6) is 5.88 Å². The van der Waals surface area contributed by atoms with Gasteiger partial charge in [0, 0.05) is 49.7 Å². The lowest BCUT2D eigenvalue weighted by Gasteiger charge is -2.37. The van der Waals surface area contributed by atoms with Crippen LogP contribution in [0, 0.1) is 5.92 Å². The Bertz CT molecular complexity index is 1170. The first kappa shape index (κ1) is 25.5. The molecular weight excluding hydrogens is 454 g/mol. The number of rotatable bonds is 8. The first-order valence-corrected chi connectivity index (χ1v) is 12.2. The topological polar surface area (TPSA) is 91.7 Å². The lowest BCUT2D eigenvalue weighted by atomic mass is 9.99. The molecule has 0 spiro atoms. The van der Waals surface area contributed by atoms with Gasteiger partial charge in [0.05, 0.1) is 12.6 Å². The molecule has 2 aromatic heterocycles. The van der Waals surface area contributed by atoms with E-state index in [4.69, 9.17) is 4.74 Å². The molecule has 0 unspecified atom stereocenters. The molecule has 36 heavy (non-hydrogen) atoms. The predicted molar refractivity (Wildman–Crippen MR) is 139 cm³/mol. The number of aliphatic hydroxyl groups excluding tert-OH is 1. The van der Waals surface area contributed by atoms with Gasteiger partial charge >= 0.3 is 0 Å². The number of pyridine rings is 1. The maximum Gasteiger partial charge on any atom is 0.259 e. The third-order valence-corrected chi connectivity index (χ3v) is 6.37. The summed E-state index contributed by atoms with van der Waals surface area (Å²) in [6.45, 7) is 5.58. The summed E-state index contributed by atoms with van der Waals surface area (Å²) in [5.74, 6) is 0.152. The average molecular weight is 488 g/mol. The largest absolute Gasteiger partial charge is 0.472 e. The van der Waals surface area contributed by atoms with Crippen LogP contribution in [0.3, 0.4) is 0 Å². The third-order valence-electron chi connectivity index (χ3n) is 6.37. The maximum absolute atomic E-state index is 13.6. The fourth-order valence-electron chi connectivity index (χ4n) is 4.28. The van der Waals surface area contributed by atoms with Crippen LogP contribution in [-0.4, -0.2) is 74.7 Å². The van der Waals surface area contributed by atoms with Crippen LogP contribution in [0.2, 0.25) is 0 Å². The van der Waals surface area contributed by atoms with Crippen LogP contribution in [0.1, 0.15) is 40.9 Å². The van der Waals surface area contributed by atoms with Crippen LogP contribution >= 0.6 is 0 Å². The minimum absolute atomic E-state index is 0.0185. The van der Waals surface area contributed by atoms with Crippen molar-refractivity contribution < 1.29 is 14.6 Å². The van der Waals surface area contributed by atoms with Crippen molar-refractivity contribution in [2.45, 2.75) is 32.5 Å². The molecule has 1 aliphatic rings. The van der Waals surface area contributed by atoms with Crippen molar-refractivity contribution >= 4 is 18.1 Å². The van der Waals surface area contributed by atoms with Crippen LogP contribution in [0.15, 0.2) is 61.3 Å². The highest BCUT2D eigenvalue weighted by Crippen LogP contribution is 2.28. The second kappa shape index (κ2) is 11.9. The smallest absolute Gasteiger partial charge is 0.259 e. The molecule has 3 atom stereocenters. The fraction of sp³-hybridized carbons (Fsp3) is 0.357. The highest BCUT2D eigenvalue weighted by atomic mass is 16.5. The molecule has 0 saturated carbocycles. The van der Waals surface area contributed by atoms with Gasteiger partial charge in [-0.05, 0) is 31.2 Å². The van der Waals surface area contributed by atoms with Crippen LogP contribution < -0.4 is 4.74 Å². The Hall–Kier alpha value is -3.62. The first-order valence-electron chi connectivity index (χ1n) is 12.2. The van der Waals surface area contributed by atoms with Gasteiger partial charge in [0.2, 0.25) is 5.88 Å². The minimum Gasteiger partial charge on any atom is -0.472 e. The number of nitrogens with zero attached hydrogens (tertiary/aromatic N) is 5. The molecule has 1 aliphatic heterocycles. The zero-order valence-corrected chi connectivity index (χ0v) is 21.0. The van der Waals surface area contributed by atoms with Crippen LogP contribution in [0.25, 0.3) is 12.2 Å². The summed E-state index contributed by atoms with van der Waals surface area (Å²) >= 11 is 0. The van der Waals surface area contributed by atoms with Gasteiger partial charge in [-0.25, -0.2) is 15.0 Å². The number of carbonyl (C=O) groups is 1. The summed E-state index contributed by atoms with van der Waals surface area (Å²) in [4.78, 5) is 30.2. The fourth-order valence-corrected chi connectivity index (χ4v) is 4.28. The maximum atomic E-state index is 13.6. The number of aromatic nitrogens is 3. The van der Waals surface area contributed by atoms with Crippen LogP contribution in [-0.2, 0) is 6.54 Å². The molecule has 0 bridgehead atoms. The summed E-state index contributed by atoms with van der Waals surface area (Å²) in [5, 5.41) is 9.87.